The quantitative estimate of drug-likeness (QED) is 0.836. The lowest BCUT2D eigenvalue weighted by atomic mass is 9.90. The SMILES string of the molecule is CNCC1CCN(C(=O)C2CCCCCCC2)C1. The lowest BCUT2D eigenvalue weighted by Gasteiger charge is -2.25. The van der Waals surface area contributed by atoms with Gasteiger partial charge in [-0.15, -0.1) is 0 Å². The Balaban J connectivity index is 1.82. The summed E-state index contributed by atoms with van der Waals surface area (Å²) >= 11 is 0. The molecule has 2 aliphatic rings. The van der Waals surface area contributed by atoms with Crippen LogP contribution in [-0.4, -0.2) is 37.5 Å². The highest BCUT2D eigenvalue weighted by atomic mass is 16.2. The third kappa shape index (κ3) is 3.71. The van der Waals surface area contributed by atoms with Crippen LogP contribution in [0.3, 0.4) is 0 Å². The Morgan fingerprint density at radius 1 is 1.11 bits per heavy atom. The van der Waals surface area contributed by atoms with E-state index < -0.39 is 0 Å². The molecule has 0 aromatic heterocycles. The number of nitrogens with zero attached hydrogens (tertiary/aromatic N) is 1. The van der Waals surface area contributed by atoms with Crippen LogP contribution in [0, 0.1) is 11.8 Å². The van der Waals surface area contributed by atoms with Gasteiger partial charge in [-0.2, -0.15) is 0 Å². The normalized spacial score (nSPS) is 26.9. The molecule has 1 saturated heterocycles. The van der Waals surface area contributed by atoms with E-state index in [1.54, 1.807) is 0 Å². The van der Waals surface area contributed by atoms with Gasteiger partial charge >= 0.3 is 0 Å². The Morgan fingerprint density at radius 2 is 1.78 bits per heavy atom. The van der Waals surface area contributed by atoms with E-state index in [1.165, 1.54) is 38.5 Å². The summed E-state index contributed by atoms with van der Waals surface area (Å²) in [6, 6.07) is 0. The largest absolute Gasteiger partial charge is 0.342 e. The molecule has 3 nitrogen and oxygen atoms in total. The number of nitrogens with one attached hydrogen (secondary N) is 1. The summed E-state index contributed by atoms with van der Waals surface area (Å²) in [5.41, 5.74) is 0. The molecule has 0 radical (unpaired) electrons. The Bertz CT molecular complexity index is 259. The van der Waals surface area contributed by atoms with E-state index >= 15 is 0 Å². The summed E-state index contributed by atoms with van der Waals surface area (Å²) in [6.45, 7) is 3.02. The van der Waals surface area contributed by atoms with Crippen LogP contribution in [0.5, 0.6) is 0 Å². The van der Waals surface area contributed by atoms with Crippen molar-refractivity contribution in [3.63, 3.8) is 0 Å². The van der Waals surface area contributed by atoms with Gasteiger partial charge in [0.25, 0.3) is 0 Å². The molecule has 1 atom stereocenters. The average molecular weight is 252 g/mol. The van der Waals surface area contributed by atoms with Crippen molar-refractivity contribution in [1.82, 2.24) is 10.2 Å². The summed E-state index contributed by atoms with van der Waals surface area (Å²) in [5, 5.41) is 3.23. The number of rotatable bonds is 3. The first-order valence-corrected chi connectivity index (χ1v) is 7.74. The van der Waals surface area contributed by atoms with E-state index in [-0.39, 0.29) is 0 Å². The van der Waals surface area contributed by atoms with Crippen molar-refractivity contribution >= 4 is 5.91 Å². The maximum atomic E-state index is 12.5. The first kappa shape index (κ1) is 13.9. The summed E-state index contributed by atoms with van der Waals surface area (Å²) in [4.78, 5) is 14.7. The topological polar surface area (TPSA) is 32.3 Å². The van der Waals surface area contributed by atoms with E-state index in [4.69, 9.17) is 0 Å². The second-order valence-corrected chi connectivity index (χ2v) is 6.04. The summed E-state index contributed by atoms with van der Waals surface area (Å²) in [7, 11) is 2.00. The van der Waals surface area contributed by atoms with Crippen LogP contribution in [0.4, 0.5) is 0 Å². The summed E-state index contributed by atoms with van der Waals surface area (Å²) in [6.07, 6.45) is 9.97. The number of amides is 1. The highest BCUT2D eigenvalue weighted by Gasteiger charge is 2.30. The van der Waals surface area contributed by atoms with Crippen molar-refractivity contribution in [3.8, 4) is 0 Å². The Labute approximate surface area is 111 Å². The minimum atomic E-state index is 0.332. The summed E-state index contributed by atoms with van der Waals surface area (Å²) in [5.74, 6) is 1.46. The highest BCUT2D eigenvalue weighted by molar-refractivity contribution is 5.79. The second-order valence-electron chi connectivity index (χ2n) is 6.04. The van der Waals surface area contributed by atoms with Gasteiger partial charge in [-0.1, -0.05) is 32.1 Å². The minimum absolute atomic E-state index is 0.332. The number of hydrogen-bond donors (Lipinski definition) is 1. The van der Waals surface area contributed by atoms with Crippen LogP contribution in [0.2, 0.25) is 0 Å². The van der Waals surface area contributed by atoms with E-state index in [1.807, 2.05) is 7.05 Å². The lowest BCUT2D eigenvalue weighted by molar-refractivity contribution is -0.135. The van der Waals surface area contributed by atoms with Gasteiger partial charge in [0, 0.05) is 19.0 Å². The van der Waals surface area contributed by atoms with Gasteiger partial charge in [0.05, 0.1) is 0 Å². The molecule has 0 spiro atoms. The van der Waals surface area contributed by atoms with E-state index in [0.29, 0.717) is 17.7 Å². The predicted molar refractivity (Wildman–Crippen MR) is 74.4 cm³/mol. The molecule has 1 saturated carbocycles. The molecule has 1 heterocycles. The molecular weight excluding hydrogens is 224 g/mol. The van der Waals surface area contributed by atoms with Crippen molar-refractivity contribution in [2.24, 2.45) is 11.8 Å². The van der Waals surface area contributed by atoms with Crippen LogP contribution in [0.25, 0.3) is 0 Å². The molecule has 1 amide bonds. The van der Waals surface area contributed by atoms with Gasteiger partial charge in [0.1, 0.15) is 0 Å². The fourth-order valence-corrected chi connectivity index (χ4v) is 3.45. The molecule has 1 N–H and O–H groups in total. The molecular formula is C15H28N2O. The number of hydrogen-bond acceptors (Lipinski definition) is 2. The molecule has 1 aliphatic heterocycles. The van der Waals surface area contributed by atoms with Gasteiger partial charge in [-0.05, 0) is 38.8 Å². The molecule has 1 aliphatic carbocycles. The minimum Gasteiger partial charge on any atom is -0.342 e. The fourth-order valence-electron chi connectivity index (χ4n) is 3.45. The van der Waals surface area contributed by atoms with E-state index in [2.05, 4.69) is 10.2 Å². The summed E-state index contributed by atoms with van der Waals surface area (Å²) < 4.78 is 0. The number of likely N-dealkylation sites (tertiary alicyclic amines) is 1. The van der Waals surface area contributed by atoms with Crippen molar-refractivity contribution in [3.05, 3.63) is 0 Å². The van der Waals surface area contributed by atoms with Gasteiger partial charge < -0.3 is 10.2 Å². The maximum Gasteiger partial charge on any atom is 0.225 e. The van der Waals surface area contributed by atoms with Crippen LogP contribution < -0.4 is 5.32 Å². The zero-order valence-corrected chi connectivity index (χ0v) is 11.8. The average Bonchev–Trinajstić information content (AvgIpc) is 2.77. The number of carbonyl (C=O) groups is 1. The zero-order valence-electron chi connectivity index (χ0n) is 11.8. The van der Waals surface area contributed by atoms with Crippen molar-refractivity contribution in [1.29, 1.82) is 0 Å². The molecule has 2 fully saturated rings. The molecule has 0 aromatic rings. The molecule has 0 bridgehead atoms. The van der Waals surface area contributed by atoms with Crippen LogP contribution >= 0.6 is 0 Å². The lowest BCUT2D eigenvalue weighted by Crippen LogP contribution is -2.35. The Hall–Kier alpha value is -0.570. The third-order valence-electron chi connectivity index (χ3n) is 4.54. The molecule has 0 aromatic carbocycles. The second kappa shape index (κ2) is 7.13. The first-order chi connectivity index (χ1) is 8.81. The van der Waals surface area contributed by atoms with Crippen LogP contribution in [0.1, 0.15) is 51.4 Å². The van der Waals surface area contributed by atoms with Crippen LogP contribution in [-0.2, 0) is 4.79 Å². The predicted octanol–water partition coefficient (Wildman–Crippen LogP) is 2.41. The standard InChI is InChI=1S/C15H28N2O/c1-16-11-13-9-10-17(12-13)15(18)14-7-5-3-2-4-6-8-14/h13-14,16H,2-12H2,1H3. The molecule has 3 heteroatoms. The maximum absolute atomic E-state index is 12.5. The Kier molecular flexibility index (Phi) is 5.48. The molecule has 104 valence electrons. The first-order valence-electron chi connectivity index (χ1n) is 7.74. The molecule has 1 unspecified atom stereocenters. The molecule has 18 heavy (non-hydrogen) atoms. The van der Waals surface area contributed by atoms with Crippen molar-refractivity contribution < 1.29 is 4.79 Å². The smallest absolute Gasteiger partial charge is 0.225 e. The van der Waals surface area contributed by atoms with E-state index in [0.717, 1.165) is 32.5 Å². The van der Waals surface area contributed by atoms with Gasteiger partial charge in [-0.25, -0.2) is 0 Å². The number of carbonyl (C=O) groups excluding carboxylic acids is 1. The van der Waals surface area contributed by atoms with Gasteiger partial charge in [-0.3, -0.25) is 4.79 Å². The monoisotopic (exact) mass is 252 g/mol. The third-order valence-corrected chi connectivity index (χ3v) is 4.54. The zero-order chi connectivity index (χ0) is 12.8. The fraction of sp³-hybridized carbons (Fsp3) is 0.933. The van der Waals surface area contributed by atoms with Crippen molar-refractivity contribution in [2.75, 3.05) is 26.7 Å². The van der Waals surface area contributed by atoms with Crippen molar-refractivity contribution in [2.45, 2.75) is 51.4 Å². The van der Waals surface area contributed by atoms with Crippen LogP contribution in [0.15, 0.2) is 0 Å². The Morgan fingerprint density at radius 3 is 2.44 bits per heavy atom. The van der Waals surface area contributed by atoms with Gasteiger partial charge in [0.15, 0.2) is 0 Å². The van der Waals surface area contributed by atoms with Gasteiger partial charge in [0.2, 0.25) is 5.91 Å². The van der Waals surface area contributed by atoms with E-state index in [9.17, 15) is 4.79 Å². The molecule has 2 rings (SSSR count). The highest BCUT2D eigenvalue weighted by Crippen LogP contribution is 2.26.